The fraction of sp³-hybridized carbons (Fsp3) is 0.379. The standard InChI is InChI=1S/C29H36N4O4/c1-23-8-6-7-11-27(23)30-29(35)32(15-14-31-16-18-36-19-17-31)22-28(34)33(20-25-9-4-3-5-10-25)21-26-13-12-24(2)37-26/h3-13H,14-22H2,1-2H3,(H,30,35). The summed E-state index contributed by atoms with van der Waals surface area (Å²) in [5, 5.41) is 3.00. The number of aryl methyl sites for hydroxylation is 2. The Labute approximate surface area is 218 Å². The molecule has 1 aliphatic rings. The third-order valence-electron chi connectivity index (χ3n) is 6.50. The van der Waals surface area contributed by atoms with Crippen molar-refractivity contribution >= 4 is 17.6 Å². The molecule has 8 heteroatoms. The summed E-state index contributed by atoms with van der Waals surface area (Å²) in [5.41, 5.74) is 2.72. The van der Waals surface area contributed by atoms with Crippen molar-refractivity contribution in [2.24, 2.45) is 0 Å². The molecule has 0 saturated carbocycles. The van der Waals surface area contributed by atoms with Crippen LogP contribution in [0.3, 0.4) is 0 Å². The largest absolute Gasteiger partial charge is 0.464 e. The average molecular weight is 505 g/mol. The molecule has 4 rings (SSSR count). The highest BCUT2D eigenvalue weighted by atomic mass is 16.5. The van der Waals surface area contributed by atoms with E-state index >= 15 is 0 Å². The summed E-state index contributed by atoms with van der Waals surface area (Å²) in [7, 11) is 0. The molecule has 2 heterocycles. The van der Waals surface area contributed by atoms with Crippen LogP contribution >= 0.6 is 0 Å². The molecule has 196 valence electrons. The number of hydrogen-bond acceptors (Lipinski definition) is 5. The van der Waals surface area contributed by atoms with Gasteiger partial charge in [0.1, 0.15) is 18.1 Å². The number of para-hydroxylation sites is 1. The molecular weight excluding hydrogens is 468 g/mol. The number of nitrogens with zero attached hydrogens (tertiary/aromatic N) is 3. The Morgan fingerprint density at radius 3 is 2.32 bits per heavy atom. The maximum absolute atomic E-state index is 13.7. The SMILES string of the molecule is Cc1ccc(CN(Cc2ccccc2)C(=O)CN(CCN2CCOCC2)C(=O)Nc2ccccc2C)o1. The summed E-state index contributed by atoms with van der Waals surface area (Å²) in [6.45, 7) is 8.67. The van der Waals surface area contributed by atoms with Crippen LogP contribution in [0.5, 0.6) is 0 Å². The average Bonchev–Trinajstić information content (AvgIpc) is 3.33. The maximum Gasteiger partial charge on any atom is 0.322 e. The number of morpholine rings is 1. The van der Waals surface area contributed by atoms with Gasteiger partial charge < -0.3 is 24.3 Å². The Morgan fingerprint density at radius 2 is 1.62 bits per heavy atom. The van der Waals surface area contributed by atoms with E-state index in [2.05, 4.69) is 10.2 Å². The first-order valence-corrected chi connectivity index (χ1v) is 12.8. The van der Waals surface area contributed by atoms with E-state index in [4.69, 9.17) is 9.15 Å². The summed E-state index contributed by atoms with van der Waals surface area (Å²) in [4.78, 5) is 32.7. The summed E-state index contributed by atoms with van der Waals surface area (Å²) in [6.07, 6.45) is 0. The molecule has 0 radical (unpaired) electrons. The van der Waals surface area contributed by atoms with E-state index in [1.807, 2.05) is 80.6 Å². The fourth-order valence-corrected chi connectivity index (χ4v) is 4.30. The fourth-order valence-electron chi connectivity index (χ4n) is 4.30. The van der Waals surface area contributed by atoms with Crippen LogP contribution in [-0.2, 0) is 22.6 Å². The van der Waals surface area contributed by atoms with E-state index in [-0.39, 0.29) is 18.5 Å². The van der Waals surface area contributed by atoms with Crippen LogP contribution in [0.15, 0.2) is 71.1 Å². The monoisotopic (exact) mass is 504 g/mol. The lowest BCUT2D eigenvalue weighted by Gasteiger charge is -2.31. The van der Waals surface area contributed by atoms with E-state index < -0.39 is 0 Å². The minimum Gasteiger partial charge on any atom is -0.464 e. The molecular formula is C29H36N4O4. The molecule has 0 unspecified atom stereocenters. The first kappa shape index (κ1) is 26.4. The number of anilines is 1. The van der Waals surface area contributed by atoms with Gasteiger partial charge in [-0.25, -0.2) is 4.79 Å². The second kappa shape index (κ2) is 13.1. The Kier molecular flexibility index (Phi) is 9.35. The number of carbonyl (C=O) groups is 2. The zero-order chi connectivity index (χ0) is 26.0. The van der Waals surface area contributed by atoms with Crippen molar-refractivity contribution in [2.75, 3.05) is 51.3 Å². The second-order valence-electron chi connectivity index (χ2n) is 9.37. The Morgan fingerprint density at radius 1 is 0.892 bits per heavy atom. The number of rotatable bonds is 10. The molecule has 1 aliphatic heterocycles. The zero-order valence-corrected chi connectivity index (χ0v) is 21.7. The van der Waals surface area contributed by atoms with Crippen molar-refractivity contribution in [1.82, 2.24) is 14.7 Å². The van der Waals surface area contributed by atoms with Crippen LogP contribution < -0.4 is 5.32 Å². The lowest BCUT2D eigenvalue weighted by Crippen LogP contribution is -2.48. The minimum atomic E-state index is -0.288. The number of hydrogen-bond donors (Lipinski definition) is 1. The Bertz CT molecular complexity index is 1160. The Hall–Kier alpha value is -3.62. The van der Waals surface area contributed by atoms with E-state index in [1.165, 1.54) is 0 Å². The smallest absolute Gasteiger partial charge is 0.322 e. The number of benzene rings is 2. The third kappa shape index (κ3) is 7.93. The highest BCUT2D eigenvalue weighted by molar-refractivity contribution is 5.93. The number of carbonyl (C=O) groups excluding carboxylic acids is 2. The minimum absolute atomic E-state index is 0.0332. The highest BCUT2D eigenvalue weighted by Gasteiger charge is 2.24. The van der Waals surface area contributed by atoms with Crippen molar-refractivity contribution in [3.63, 3.8) is 0 Å². The first-order chi connectivity index (χ1) is 18.0. The van der Waals surface area contributed by atoms with Crippen LogP contribution in [0.4, 0.5) is 10.5 Å². The molecule has 8 nitrogen and oxygen atoms in total. The van der Waals surface area contributed by atoms with Gasteiger partial charge in [0.2, 0.25) is 5.91 Å². The van der Waals surface area contributed by atoms with Gasteiger partial charge in [-0.3, -0.25) is 9.69 Å². The molecule has 1 aromatic heterocycles. The lowest BCUT2D eigenvalue weighted by molar-refractivity contribution is -0.133. The summed E-state index contributed by atoms with van der Waals surface area (Å²) < 4.78 is 11.2. The molecule has 3 aromatic rings. The summed E-state index contributed by atoms with van der Waals surface area (Å²) in [5.74, 6) is 1.37. The molecule has 1 fully saturated rings. The van der Waals surface area contributed by atoms with Gasteiger partial charge in [0.15, 0.2) is 0 Å². The van der Waals surface area contributed by atoms with Gasteiger partial charge in [-0.15, -0.1) is 0 Å². The van der Waals surface area contributed by atoms with Crippen LogP contribution in [0.1, 0.15) is 22.6 Å². The highest BCUT2D eigenvalue weighted by Crippen LogP contribution is 2.16. The second-order valence-corrected chi connectivity index (χ2v) is 9.37. The maximum atomic E-state index is 13.7. The quantitative estimate of drug-likeness (QED) is 0.446. The molecule has 0 spiro atoms. The predicted octanol–water partition coefficient (Wildman–Crippen LogP) is 4.29. The van der Waals surface area contributed by atoms with E-state index in [9.17, 15) is 9.59 Å². The van der Waals surface area contributed by atoms with Crippen molar-refractivity contribution in [3.8, 4) is 0 Å². The molecule has 37 heavy (non-hydrogen) atoms. The molecule has 0 bridgehead atoms. The molecule has 0 aliphatic carbocycles. The van der Waals surface area contributed by atoms with E-state index in [0.717, 1.165) is 35.7 Å². The third-order valence-corrected chi connectivity index (χ3v) is 6.50. The van der Waals surface area contributed by atoms with Gasteiger partial charge in [0, 0.05) is 38.4 Å². The number of urea groups is 1. The molecule has 0 atom stereocenters. The van der Waals surface area contributed by atoms with Gasteiger partial charge in [-0.05, 0) is 43.2 Å². The number of furan rings is 1. The van der Waals surface area contributed by atoms with Crippen molar-refractivity contribution in [3.05, 3.63) is 89.4 Å². The van der Waals surface area contributed by atoms with Gasteiger partial charge in [-0.1, -0.05) is 48.5 Å². The number of amides is 3. The summed E-state index contributed by atoms with van der Waals surface area (Å²) in [6, 6.07) is 21.0. The van der Waals surface area contributed by atoms with Gasteiger partial charge in [0.25, 0.3) is 0 Å². The van der Waals surface area contributed by atoms with Gasteiger partial charge in [-0.2, -0.15) is 0 Å². The first-order valence-electron chi connectivity index (χ1n) is 12.8. The Balaban J connectivity index is 1.50. The normalized spacial score (nSPS) is 13.8. The summed E-state index contributed by atoms with van der Waals surface area (Å²) >= 11 is 0. The van der Waals surface area contributed by atoms with E-state index in [0.29, 0.717) is 45.2 Å². The molecule has 1 N–H and O–H groups in total. The number of nitrogens with one attached hydrogen (secondary N) is 1. The van der Waals surface area contributed by atoms with Crippen LogP contribution in [0.25, 0.3) is 0 Å². The van der Waals surface area contributed by atoms with Crippen molar-refractivity contribution < 1.29 is 18.7 Å². The van der Waals surface area contributed by atoms with Crippen LogP contribution in [-0.4, -0.2) is 72.6 Å². The zero-order valence-electron chi connectivity index (χ0n) is 21.7. The van der Waals surface area contributed by atoms with Crippen molar-refractivity contribution in [1.29, 1.82) is 0 Å². The molecule has 2 aromatic carbocycles. The van der Waals surface area contributed by atoms with E-state index in [1.54, 1.807) is 9.80 Å². The van der Waals surface area contributed by atoms with Crippen molar-refractivity contribution in [2.45, 2.75) is 26.9 Å². The van der Waals surface area contributed by atoms with Crippen LogP contribution in [0, 0.1) is 13.8 Å². The van der Waals surface area contributed by atoms with Gasteiger partial charge in [0.05, 0.1) is 19.8 Å². The topological polar surface area (TPSA) is 78.3 Å². The predicted molar refractivity (Wildman–Crippen MR) is 143 cm³/mol. The van der Waals surface area contributed by atoms with Crippen LogP contribution in [0.2, 0.25) is 0 Å². The number of ether oxygens (including phenoxy) is 1. The van der Waals surface area contributed by atoms with Gasteiger partial charge >= 0.3 is 6.03 Å². The molecule has 1 saturated heterocycles. The molecule has 3 amide bonds. The lowest BCUT2D eigenvalue weighted by atomic mass is 10.2.